The zero-order valence-electron chi connectivity index (χ0n) is 25.9. The second-order valence-corrected chi connectivity index (χ2v) is 13.4. The zero-order chi connectivity index (χ0) is 32.4. The van der Waals surface area contributed by atoms with E-state index in [-0.39, 0.29) is 23.8 Å². The van der Waals surface area contributed by atoms with Crippen molar-refractivity contribution < 1.29 is 18.0 Å². The van der Waals surface area contributed by atoms with Crippen molar-refractivity contribution in [2.45, 2.75) is 57.5 Å². The Bertz CT molecular complexity index is 1700. The number of carbonyl (C=O) groups excluding carboxylic acids is 2. The Labute approximate surface area is 271 Å². The molecule has 0 aliphatic carbocycles. The Morgan fingerprint density at radius 2 is 1.51 bits per heavy atom. The van der Waals surface area contributed by atoms with Gasteiger partial charge in [0.25, 0.3) is 10.0 Å². The van der Waals surface area contributed by atoms with E-state index < -0.39 is 28.5 Å². The first-order valence-electron chi connectivity index (χ1n) is 15.1. The van der Waals surface area contributed by atoms with Crippen molar-refractivity contribution in [3.63, 3.8) is 0 Å². The van der Waals surface area contributed by atoms with Crippen molar-refractivity contribution in [1.29, 1.82) is 0 Å². The summed E-state index contributed by atoms with van der Waals surface area (Å²) in [6, 6.07) is 29.3. The van der Waals surface area contributed by atoms with E-state index in [0.29, 0.717) is 22.8 Å². The summed E-state index contributed by atoms with van der Waals surface area (Å²) in [5.74, 6) is -0.813. The molecule has 0 saturated heterocycles. The molecule has 1 N–H and O–H groups in total. The maximum atomic E-state index is 14.5. The molecule has 45 heavy (non-hydrogen) atoms. The number of anilines is 1. The van der Waals surface area contributed by atoms with Crippen LogP contribution in [0.15, 0.2) is 108 Å². The molecule has 0 unspecified atom stereocenters. The summed E-state index contributed by atoms with van der Waals surface area (Å²) in [5.41, 5.74) is 3.60. The molecule has 0 bridgehead atoms. The second-order valence-electron chi connectivity index (χ2n) is 11.1. The molecule has 0 radical (unpaired) electrons. The van der Waals surface area contributed by atoms with Crippen LogP contribution in [0.5, 0.6) is 0 Å². The topological polar surface area (TPSA) is 86.8 Å². The fourth-order valence-electron chi connectivity index (χ4n) is 5.09. The first-order chi connectivity index (χ1) is 21.6. The maximum absolute atomic E-state index is 14.5. The average Bonchev–Trinajstić information content (AvgIpc) is 3.02. The van der Waals surface area contributed by atoms with E-state index in [1.165, 1.54) is 4.90 Å². The predicted octanol–water partition coefficient (Wildman–Crippen LogP) is 6.71. The van der Waals surface area contributed by atoms with Gasteiger partial charge in [-0.15, -0.1) is 0 Å². The highest BCUT2D eigenvalue weighted by atomic mass is 35.5. The molecule has 0 aliphatic rings. The molecule has 0 aliphatic heterocycles. The molecule has 0 aromatic heterocycles. The number of sulfonamides is 1. The van der Waals surface area contributed by atoms with Crippen LogP contribution >= 0.6 is 11.6 Å². The van der Waals surface area contributed by atoms with Gasteiger partial charge in [-0.3, -0.25) is 13.9 Å². The third-order valence-corrected chi connectivity index (χ3v) is 9.62. The molecule has 2 amide bonds. The van der Waals surface area contributed by atoms with Crippen molar-refractivity contribution >= 4 is 39.1 Å². The van der Waals surface area contributed by atoms with Crippen molar-refractivity contribution in [3.8, 4) is 0 Å². The van der Waals surface area contributed by atoms with Gasteiger partial charge in [0.05, 0.1) is 10.6 Å². The van der Waals surface area contributed by atoms with Gasteiger partial charge in [0.15, 0.2) is 0 Å². The Hall–Kier alpha value is -4.14. The van der Waals surface area contributed by atoms with Crippen LogP contribution in [-0.4, -0.2) is 44.3 Å². The fraction of sp³-hybridized carbons (Fsp3) is 0.278. The van der Waals surface area contributed by atoms with E-state index in [0.717, 1.165) is 33.8 Å². The number of amides is 2. The third-order valence-electron chi connectivity index (χ3n) is 7.61. The van der Waals surface area contributed by atoms with Crippen LogP contribution in [0, 0.1) is 13.8 Å². The normalized spacial score (nSPS) is 11.9. The molecule has 1 atom stereocenters. The number of rotatable bonds is 14. The summed E-state index contributed by atoms with van der Waals surface area (Å²) in [6.45, 7) is 5.75. The van der Waals surface area contributed by atoms with Gasteiger partial charge in [-0.1, -0.05) is 103 Å². The minimum absolute atomic E-state index is 0.0598. The van der Waals surface area contributed by atoms with Gasteiger partial charge in [-0.25, -0.2) is 8.42 Å². The van der Waals surface area contributed by atoms with Gasteiger partial charge in [0.1, 0.15) is 12.6 Å². The molecule has 0 saturated carbocycles. The Kier molecular flexibility index (Phi) is 11.8. The van der Waals surface area contributed by atoms with E-state index in [1.54, 1.807) is 67.6 Å². The third kappa shape index (κ3) is 8.96. The maximum Gasteiger partial charge on any atom is 0.264 e. The summed E-state index contributed by atoms with van der Waals surface area (Å²) in [7, 11) is -4.16. The summed E-state index contributed by atoms with van der Waals surface area (Å²) in [6.07, 6.45) is 1.94. The molecule has 236 valence electrons. The lowest BCUT2D eigenvalue weighted by Gasteiger charge is -2.34. The zero-order valence-corrected chi connectivity index (χ0v) is 27.5. The molecule has 4 aromatic carbocycles. The Morgan fingerprint density at radius 1 is 0.844 bits per heavy atom. The number of para-hydroxylation sites is 1. The van der Waals surface area contributed by atoms with E-state index in [1.807, 2.05) is 56.3 Å². The highest BCUT2D eigenvalue weighted by Crippen LogP contribution is 2.28. The van der Waals surface area contributed by atoms with E-state index in [9.17, 15) is 18.0 Å². The largest absolute Gasteiger partial charge is 0.354 e. The van der Waals surface area contributed by atoms with E-state index >= 15 is 0 Å². The molecular formula is C36H40ClN3O4S. The highest BCUT2D eigenvalue weighted by Gasteiger charge is 2.35. The Morgan fingerprint density at radius 3 is 2.18 bits per heavy atom. The van der Waals surface area contributed by atoms with Crippen LogP contribution in [0.25, 0.3) is 0 Å². The number of carbonyl (C=O) groups is 2. The average molecular weight is 646 g/mol. The number of benzene rings is 4. The number of hydrogen-bond acceptors (Lipinski definition) is 4. The van der Waals surface area contributed by atoms with Gasteiger partial charge in [0.2, 0.25) is 11.8 Å². The predicted molar refractivity (Wildman–Crippen MR) is 181 cm³/mol. The lowest BCUT2D eigenvalue weighted by Crippen LogP contribution is -2.53. The van der Waals surface area contributed by atoms with Crippen molar-refractivity contribution in [2.24, 2.45) is 0 Å². The quantitative estimate of drug-likeness (QED) is 0.155. The van der Waals surface area contributed by atoms with Gasteiger partial charge in [-0.05, 0) is 67.3 Å². The van der Waals surface area contributed by atoms with Crippen LogP contribution in [0.3, 0.4) is 0 Å². The van der Waals surface area contributed by atoms with Crippen LogP contribution in [-0.2, 0) is 32.6 Å². The van der Waals surface area contributed by atoms with Crippen molar-refractivity contribution in [1.82, 2.24) is 10.2 Å². The lowest BCUT2D eigenvalue weighted by atomic mass is 10.0. The van der Waals surface area contributed by atoms with E-state index in [4.69, 9.17) is 11.6 Å². The molecule has 0 heterocycles. The second kappa shape index (κ2) is 15.7. The van der Waals surface area contributed by atoms with Crippen LogP contribution < -0.4 is 9.62 Å². The van der Waals surface area contributed by atoms with Crippen LogP contribution in [0.2, 0.25) is 5.02 Å². The summed E-state index contributed by atoms with van der Waals surface area (Å²) >= 11 is 6.31. The first-order valence-corrected chi connectivity index (χ1v) is 16.9. The van der Waals surface area contributed by atoms with Crippen molar-refractivity contribution in [3.05, 3.63) is 130 Å². The molecule has 4 rings (SSSR count). The standard InChI is InChI=1S/C36H40ClN3O4S/c1-4-5-22-38-36(42)34(24-29-13-7-6-8-14-29)39(25-30-15-11-16-31(37)23-30)35(41)26-40(33-17-10-9-12-28(33)3)45(43,44)32-20-18-27(2)19-21-32/h6-21,23,34H,4-5,22,24-26H2,1-3H3,(H,38,42)/t34-/m1/s1. The van der Waals surface area contributed by atoms with Crippen molar-refractivity contribution in [2.75, 3.05) is 17.4 Å². The highest BCUT2D eigenvalue weighted by molar-refractivity contribution is 7.92. The molecule has 9 heteroatoms. The van der Waals surface area contributed by atoms with Crippen LogP contribution in [0.4, 0.5) is 5.69 Å². The van der Waals surface area contributed by atoms with Gasteiger partial charge >= 0.3 is 0 Å². The molecule has 4 aromatic rings. The molecule has 7 nitrogen and oxygen atoms in total. The number of nitrogens with one attached hydrogen (secondary N) is 1. The summed E-state index contributed by atoms with van der Waals surface area (Å²) in [5, 5.41) is 3.50. The summed E-state index contributed by atoms with van der Waals surface area (Å²) in [4.78, 5) is 29.9. The van der Waals surface area contributed by atoms with Gasteiger partial charge in [-0.2, -0.15) is 0 Å². The molecular weight excluding hydrogens is 606 g/mol. The minimum atomic E-state index is -4.16. The SMILES string of the molecule is CCCCNC(=O)[C@@H](Cc1ccccc1)N(Cc1cccc(Cl)c1)C(=O)CN(c1ccccc1C)S(=O)(=O)c1ccc(C)cc1. The smallest absolute Gasteiger partial charge is 0.264 e. The number of unbranched alkanes of at least 4 members (excludes halogenated alkanes) is 1. The van der Waals surface area contributed by atoms with Gasteiger partial charge in [0, 0.05) is 24.5 Å². The minimum Gasteiger partial charge on any atom is -0.354 e. The summed E-state index contributed by atoms with van der Waals surface area (Å²) < 4.78 is 29.5. The Balaban J connectivity index is 1.80. The number of nitrogens with zero attached hydrogens (tertiary/aromatic N) is 2. The van der Waals surface area contributed by atoms with Crippen LogP contribution in [0.1, 0.15) is 42.0 Å². The van der Waals surface area contributed by atoms with E-state index in [2.05, 4.69) is 5.32 Å². The number of hydrogen-bond donors (Lipinski definition) is 1. The number of halogens is 1. The fourth-order valence-corrected chi connectivity index (χ4v) is 6.78. The molecule has 0 fully saturated rings. The first kappa shape index (κ1) is 33.7. The van der Waals surface area contributed by atoms with Gasteiger partial charge < -0.3 is 10.2 Å². The lowest BCUT2D eigenvalue weighted by molar-refractivity contribution is -0.140. The monoisotopic (exact) mass is 645 g/mol. The molecule has 0 spiro atoms. The number of aryl methyl sites for hydroxylation is 2.